The number of carboxylic acids is 1. The Balaban J connectivity index is 1.99. The molecule has 2 atom stereocenters. The van der Waals surface area contributed by atoms with Crippen molar-refractivity contribution in [1.29, 1.82) is 0 Å². The molecule has 6 nitrogen and oxygen atoms in total. The maximum absolute atomic E-state index is 12.2. The zero-order valence-corrected chi connectivity index (χ0v) is 12.1. The summed E-state index contributed by atoms with van der Waals surface area (Å²) in [7, 11) is -3.43. The highest BCUT2D eigenvalue weighted by molar-refractivity contribution is 7.89. The van der Waals surface area contributed by atoms with Crippen LogP contribution in [0.2, 0.25) is 0 Å². The number of hydrogen-bond acceptors (Lipinski definition) is 4. The van der Waals surface area contributed by atoms with Crippen molar-refractivity contribution < 1.29 is 18.3 Å². The fourth-order valence-electron chi connectivity index (χ4n) is 2.38. The quantitative estimate of drug-likeness (QED) is 0.860. The summed E-state index contributed by atoms with van der Waals surface area (Å²) < 4.78 is 25.7. The van der Waals surface area contributed by atoms with E-state index < -0.39 is 21.9 Å². The Hall–Kier alpha value is -1.47. The van der Waals surface area contributed by atoms with E-state index in [1.807, 2.05) is 6.07 Å². The lowest BCUT2D eigenvalue weighted by Crippen LogP contribution is -2.32. The van der Waals surface area contributed by atoms with E-state index in [2.05, 4.69) is 4.98 Å². The average molecular weight is 298 g/mol. The third-order valence-electron chi connectivity index (χ3n) is 3.63. The summed E-state index contributed by atoms with van der Waals surface area (Å²) >= 11 is 0. The number of aromatic nitrogens is 1. The summed E-state index contributed by atoms with van der Waals surface area (Å²) in [5.74, 6) is -1.74. The minimum atomic E-state index is -3.43. The van der Waals surface area contributed by atoms with Crippen molar-refractivity contribution in [2.24, 2.45) is 11.8 Å². The second-order valence-corrected chi connectivity index (χ2v) is 7.21. The third kappa shape index (κ3) is 3.34. The predicted octanol–water partition coefficient (Wildman–Crippen LogP) is 0.606. The van der Waals surface area contributed by atoms with Crippen LogP contribution in [0.4, 0.5) is 0 Å². The minimum absolute atomic E-state index is 0.0386. The Bertz CT molecular complexity index is 573. The lowest BCUT2D eigenvalue weighted by Gasteiger charge is -2.15. The minimum Gasteiger partial charge on any atom is -0.481 e. The van der Waals surface area contributed by atoms with Crippen LogP contribution in [-0.2, 0) is 21.2 Å². The molecule has 2 unspecified atom stereocenters. The van der Waals surface area contributed by atoms with Crippen molar-refractivity contribution in [1.82, 2.24) is 9.29 Å². The monoisotopic (exact) mass is 298 g/mol. The Morgan fingerprint density at radius 1 is 1.45 bits per heavy atom. The third-order valence-corrected chi connectivity index (χ3v) is 5.44. The van der Waals surface area contributed by atoms with Crippen molar-refractivity contribution in [2.75, 3.05) is 18.8 Å². The first-order chi connectivity index (χ1) is 9.40. The number of aliphatic carboxylic acids is 1. The first-order valence-corrected chi connectivity index (χ1v) is 8.11. The van der Waals surface area contributed by atoms with Gasteiger partial charge in [0, 0.05) is 31.4 Å². The zero-order chi connectivity index (χ0) is 14.8. The first-order valence-electron chi connectivity index (χ1n) is 6.50. The van der Waals surface area contributed by atoms with Gasteiger partial charge in [-0.25, -0.2) is 12.7 Å². The van der Waals surface area contributed by atoms with Crippen LogP contribution < -0.4 is 0 Å². The highest BCUT2D eigenvalue weighted by Crippen LogP contribution is 2.25. The van der Waals surface area contributed by atoms with Gasteiger partial charge in [-0.15, -0.1) is 0 Å². The average Bonchev–Trinajstić information content (AvgIpc) is 2.81. The number of sulfonamides is 1. The zero-order valence-electron chi connectivity index (χ0n) is 11.3. The molecule has 1 fully saturated rings. The highest BCUT2D eigenvalue weighted by Gasteiger charge is 2.39. The molecule has 1 aliphatic heterocycles. The van der Waals surface area contributed by atoms with Crippen LogP contribution in [0.5, 0.6) is 0 Å². The van der Waals surface area contributed by atoms with Crippen LogP contribution in [0, 0.1) is 11.8 Å². The summed E-state index contributed by atoms with van der Waals surface area (Å²) in [6.45, 7) is 2.12. The van der Waals surface area contributed by atoms with Gasteiger partial charge in [-0.2, -0.15) is 0 Å². The molecule has 1 aromatic rings. The summed E-state index contributed by atoms with van der Waals surface area (Å²) in [4.78, 5) is 15.1. The van der Waals surface area contributed by atoms with E-state index in [0.29, 0.717) is 6.42 Å². The second-order valence-electron chi connectivity index (χ2n) is 5.13. The van der Waals surface area contributed by atoms with Crippen molar-refractivity contribution in [3.05, 3.63) is 30.1 Å². The Labute approximate surface area is 118 Å². The molecule has 1 aliphatic rings. The molecule has 0 spiro atoms. The van der Waals surface area contributed by atoms with Crippen LogP contribution in [0.1, 0.15) is 12.6 Å². The lowest BCUT2D eigenvalue weighted by molar-refractivity contribution is -0.142. The summed E-state index contributed by atoms with van der Waals surface area (Å²) in [5.41, 5.74) is 0.720. The molecule has 2 heterocycles. The molecule has 0 radical (unpaired) electrons. The second kappa shape index (κ2) is 5.88. The van der Waals surface area contributed by atoms with Crippen LogP contribution in [0.25, 0.3) is 0 Å². The van der Waals surface area contributed by atoms with E-state index in [0.717, 1.165) is 5.69 Å². The molecular formula is C13H18N2O4S. The number of nitrogens with zero attached hydrogens (tertiary/aromatic N) is 2. The van der Waals surface area contributed by atoms with E-state index in [1.54, 1.807) is 25.3 Å². The van der Waals surface area contributed by atoms with E-state index in [9.17, 15) is 13.2 Å². The van der Waals surface area contributed by atoms with Crippen LogP contribution in [-0.4, -0.2) is 47.6 Å². The molecular weight excluding hydrogens is 280 g/mol. The van der Waals surface area contributed by atoms with Gasteiger partial charge in [0.2, 0.25) is 10.0 Å². The van der Waals surface area contributed by atoms with E-state index in [-0.39, 0.29) is 24.8 Å². The topological polar surface area (TPSA) is 87.6 Å². The fourth-order valence-corrected chi connectivity index (χ4v) is 3.95. The van der Waals surface area contributed by atoms with E-state index in [1.165, 1.54) is 4.31 Å². The van der Waals surface area contributed by atoms with Crippen LogP contribution in [0.15, 0.2) is 24.4 Å². The van der Waals surface area contributed by atoms with E-state index >= 15 is 0 Å². The largest absolute Gasteiger partial charge is 0.481 e. The van der Waals surface area contributed by atoms with Gasteiger partial charge in [-0.1, -0.05) is 13.0 Å². The number of rotatable bonds is 5. The summed E-state index contributed by atoms with van der Waals surface area (Å²) in [6, 6.07) is 5.37. The number of aryl methyl sites for hydroxylation is 1. The van der Waals surface area contributed by atoms with Gasteiger partial charge in [0.05, 0.1) is 11.7 Å². The van der Waals surface area contributed by atoms with Crippen molar-refractivity contribution >= 4 is 16.0 Å². The number of carbonyl (C=O) groups is 1. The van der Waals surface area contributed by atoms with Gasteiger partial charge >= 0.3 is 5.97 Å². The fraction of sp³-hybridized carbons (Fsp3) is 0.538. The molecule has 2 rings (SSSR count). The molecule has 110 valence electrons. The standard InChI is InChI=1S/C13H18N2O4S/c1-10-8-15(9-12(10)13(16)17)20(18,19)7-5-11-4-2-3-6-14-11/h2-4,6,10,12H,5,7-9H2,1H3,(H,16,17). The van der Waals surface area contributed by atoms with Gasteiger partial charge in [0.1, 0.15) is 0 Å². The molecule has 0 aliphatic carbocycles. The van der Waals surface area contributed by atoms with Gasteiger partial charge in [-0.05, 0) is 18.1 Å². The van der Waals surface area contributed by atoms with Crippen molar-refractivity contribution in [3.63, 3.8) is 0 Å². The Morgan fingerprint density at radius 2 is 2.20 bits per heavy atom. The van der Waals surface area contributed by atoms with Crippen LogP contribution >= 0.6 is 0 Å². The normalized spacial score (nSPS) is 23.9. The smallest absolute Gasteiger partial charge is 0.308 e. The molecule has 1 saturated heterocycles. The Morgan fingerprint density at radius 3 is 2.75 bits per heavy atom. The number of hydrogen-bond donors (Lipinski definition) is 1. The van der Waals surface area contributed by atoms with E-state index in [4.69, 9.17) is 5.11 Å². The SMILES string of the molecule is CC1CN(S(=O)(=O)CCc2ccccn2)CC1C(=O)O. The summed E-state index contributed by atoms with van der Waals surface area (Å²) in [5, 5.41) is 9.04. The van der Waals surface area contributed by atoms with Crippen molar-refractivity contribution in [2.45, 2.75) is 13.3 Å². The first kappa shape index (κ1) is 14.9. The molecule has 0 bridgehead atoms. The molecule has 0 aromatic carbocycles. The maximum atomic E-state index is 12.2. The number of pyridine rings is 1. The van der Waals surface area contributed by atoms with Gasteiger partial charge in [0.15, 0.2) is 0 Å². The highest BCUT2D eigenvalue weighted by atomic mass is 32.2. The summed E-state index contributed by atoms with van der Waals surface area (Å²) in [6.07, 6.45) is 1.96. The molecule has 0 saturated carbocycles. The molecule has 1 N–H and O–H groups in total. The van der Waals surface area contributed by atoms with Crippen molar-refractivity contribution in [3.8, 4) is 0 Å². The number of carboxylic acid groups (broad SMARTS) is 1. The molecule has 7 heteroatoms. The van der Waals surface area contributed by atoms with Crippen LogP contribution in [0.3, 0.4) is 0 Å². The molecule has 20 heavy (non-hydrogen) atoms. The van der Waals surface area contributed by atoms with Gasteiger partial charge < -0.3 is 5.11 Å². The molecule has 1 aromatic heterocycles. The lowest BCUT2D eigenvalue weighted by atomic mass is 9.99. The predicted molar refractivity (Wildman–Crippen MR) is 73.6 cm³/mol. The maximum Gasteiger partial charge on any atom is 0.308 e. The van der Waals surface area contributed by atoms with Gasteiger partial charge in [0.25, 0.3) is 0 Å². The molecule has 0 amide bonds. The Kier molecular flexibility index (Phi) is 4.39. The van der Waals surface area contributed by atoms with Gasteiger partial charge in [-0.3, -0.25) is 9.78 Å².